The Morgan fingerprint density at radius 3 is 2.67 bits per heavy atom. The minimum absolute atomic E-state index is 0.0738. The Morgan fingerprint density at radius 1 is 1.24 bits per heavy atom. The van der Waals surface area contributed by atoms with Crippen molar-refractivity contribution in [2.75, 3.05) is 17.2 Å². The van der Waals surface area contributed by atoms with Gasteiger partial charge in [0.2, 0.25) is 0 Å². The molecule has 0 unspecified atom stereocenters. The van der Waals surface area contributed by atoms with Crippen LogP contribution < -0.4 is 10.6 Å². The molecule has 0 atom stereocenters. The molecule has 0 fully saturated rings. The summed E-state index contributed by atoms with van der Waals surface area (Å²) in [6, 6.07) is 7.82. The van der Waals surface area contributed by atoms with E-state index in [9.17, 15) is 13.6 Å². The first-order valence-electron chi connectivity index (χ1n) is 6.31. The van der Waals surface area contributed by atoms with E-state index >= 15 is 0 Å². The van der Waals surface area contributed by atoms with Crippen LogP contribution in [0.5, 0.6) is 0 Å². The second kappa shape index (κ2) is 6.54. The summed E-state index contributed by atoms with van der Waals surface area (Å²) >= 11 is 5.85. The first-order valence-corrected chi connectivity index (χ1v) is 6.69. The number of hydrogen-bond donors (Lipinski definition) is 2. The monoisotopic (exact) mass is 310 g/mol. The average molecular weight is 311 g/mol. The fraction of sp³-hybridized carbons (Fsp3) is 0.133. The van der Waals surface area contributed by atoms with Crippen LogP contribution in [0.1, 0.15) is 17.3 Å². The van der Waals surface area contributed by atoms with Crippen LogP contribution in [0.4, 0.5) is 20.2 Å². The Morgan fingerprint density at radius 2 is 2.00 bits per heavy atom. The van der Waals surface area contributed by atoms with Crippen molar-refractivity contribution in [2.24, 2.45) is 0 Å². The number of amides is 1. The van der Waals surface area contributed by atoms with Crippen molar-refractivity contribution < 1.29 is 13.6 Å². The lowest BCUT2D eigenvalue weighted by molar-refractivity contribution is 0.102. The zero-order valence-corrected chi connectivity index (χ0v) is 12.0. The van der Waals surface area contributed by atoms with Gasteiger partial charge in [-0.05, 0) is 37.3 Å². The molecule has 3 nitrogen and oxygen atoms in total. The average Bonchev–Trinajstić information content (AvgIpc) is 2.44. The zero-order valence-electron chi connectivity index (χ0n) is 11.2. The van der Waals surface area contributed by atoms with Gasteiger partial charge in [0.1, 0.15) is 11.6 Å². The predicted molar refractivity (Wildman–Crippen MR) is 79.9 cm³/mol. The number of hydrogen-bond acceptors (Lipinski definition) is 2. The van der Waals surface area contributed by atoms with Gasteiger partial charge in [-0.1, -0.05) is 17.7 Å². The Labute approximate surface area is 125 Å². The van der Waals surface area contributed by atoms with Crippen LogP contribution in [0.2, 0.25) is 5.02 Å². The number of benzene rings is 2. The Balaban J connectivity index is 2.30. The zero-order chi connectivity index (χ0) is 15.4. The molecule has 0 heterocycles. The molecule has 0 saturated carbocycles. The van der Waals surface area contributed by atoms with Crippen LogP contribution in [0.3, 0.4) is 0 Å². The highest BCUT2D eigenvalue weighted by atomic mass is 35.5. The van der Waals surface area contributed by atoms with E-state index in [2.05, 4.69) is 10.6 Å². The molecule has 2 aromatic carbocycles. The van der Waals surface area contributed by atoms with E-state index in [1.54, 1.807) is 6.92 Å². The molecule has 0 aromatic heterocycles. The second-order valence-corrected chi connectivity index (χ2v) is 4.68. The maximum Gasteiger partial charge on any atom is 0.257 e. The van der Waals surface area contributed by atoms with Crippen molar-refractivity contribution in [3.8, 4) is 0 Å². The van der Waals surface area contributed by atoms with Crippen molar-refractivity contribution in [3.05, 3.63) is 58.6 Å². The third-order valence-electron chi connectivity index (χ3n) is 2.79. The lowest BCUT2D eigenvalue weighted by atomic mass is 10.1. The van der Waals surface area contributed by atoms with E-state index in [4.69, 9.17) is 11.6 Å². The van der Waals surface area contributed by atoms with E-state index < -0.39 is 17.5 Å². The van der Waals surface area contributed by atoms with Gasteiger partial charge in [0.15, 0.2) is 0 Å². The number of carbonyl (C=O) groups excluding carboxylic acids is 1. The summed E-state index contributed by atoms with van der Waals surface area (Å²) in [5.74, 6) is -1.55. The highest BCUT2D eigenvalue weighted by molar-refractivity contribution is 6.34. The normalized spacial score (nSPS) is 10.3. The largest absolute Gasteiger partial charge is 0.382 e. The molecule has 2 rings (SSSR count). The van der Waals surface area contributed by atoms with E-state index in [-0.39, 0.29) is 22.0 Å². The van der Waals surface area contributed by atoms with Crippen molar-refractivity contribution >= 4 is 28.9 Å². The van der Waals surface area contributed by atoms with Crippen molar-refractivity contribution in [1.29, 1.82) is 0 Å². The van der Waals surface area contributed by atoms with Gasteiger partial charge in [0, 0.05) is 6.54 Å². The fourth-order valence-electron chi connectivity index (χ4n) is 1.85. The molecule has 0 aliphatic carbocycles. The van der Waals surface area contributed by atoms with Crippen LogP contribution in [0.15, 0.2) is 36.4 Å². The van der Waals surface area contributed by atoms with E-state index in [1.807, 2.05) is 0 Å². The van der Waals surface area contributed by atoms with Crippen LogP contribution in [0, 0.1) is 11.6 Å². The lowest BCUT2D eigenvalue weighted by Crippen LogP contribution is -2.16. The first kappa shape index (κ1) is 15.3. The summed E-state index contributed by atoms with van der Waals surface area (Å²) in [6.07, 6.45) is 0. The number of nitrogens with one attached hydrogen (secondary N) is 2. The predicted octanol–water partition coefficient (Wildman–Crippen LogP) is 4.30. The first-order chi connectivity index (χ1) is 10.0. The fourth-order valence-corrected chi connectivity index (χ4v) is 2.06. The molecule has 0 bridgehead atoms. The van der Waals surface area contributed by atoms with Crippen molar-refractivity contribution in [3.63, 3.8) is 0 Å². The Bertz CT molecular complexity index is 677. The number of carbonyl (C=O) groups is 1. The number of anilines is 2. The van der Waals surface area contributed by atoms with Gasteiger partial charge in [0.25, 0.3) is 5.91 Å². The van der Waals surface area contributed by atoms with Crippen molar-refractivity contribution in [2.45, 2.75) is 6.92 Å². The lowest BCUT2D eigenvalue weighted by Gasteiger charge is -2.12. The van der Waals surface area contributed by atoms with Gasteiger partial charge >= 0.3 is 0 Å². The number of para-hydroxylation sites is 1. The molecule has 2 N–H and O–H groups in total. The third kappa shape index (κ3) is 3.49. The smallest absolute Gasteiger partial charge is 0.257 e. The SMILES string of the molecule is CCNc1c(F)cccc1C(=O)Nc1ccc(F)cc1Cl. The summed E-state index contributed by atoms with van der Waals surface area (Å²) in [5, 5.41) is 5.42. The van der Waals surface area contributed by atoms with Gasteiger partial charge < -0.3 is 10.6 Å². The molecule has 1 amide bonds. The highest BCUT2D eigenvalue weighted by Gasteiger charge is 2.15. The van der Waals surface area contributed by atoms with Gasteiger partial charge in [-0.3, -0.25) is 4.79 Å². The van der Waals surface area contributed by atoms with Gasteiger partial charge in [-0.25, -0.2) is 8.78 Å². The molecule has 0 saturated heterocycles. The maximum atomic E-state index is 13.8. The Hall–Kier alpha value is -2.14. The van der Waals surface area contributed by atoms with E-state index in [0.717, 1.165) is 6.07 Å². The minimum Gasteiger partial charge on any atom is -0.382 e. The standard InChI is InChI=1S/C15H13ClF2N2O/c1-2-19-14-10(4-3-5-12(14)18)15(21)20-13-7-6-9(17)8-11(13)16/h3-8,19H,2H2,1H3,(H,20,21). The van der Waals surface area contributed by atoms with Gasteiger partial charge in [-0.2, -0.15) is 0 Å². The topological polar surface area (TPSA) is 41.1 Å². The minimum atomic E-state index is -0.529. The Kier molecular flexibility index (Phi) is 4.75. The molecular weight excluding hydrogens is 298 g/mol. The summed E-state index contributed by atoms with van der Waals surface area (Å²) in [6.45, 7) is 2.27. The summed E-state index contributed by atoms with van der Waals surface area (Å²) < 4.78 is 26.7. The highest BCUT2D eigenvalue weighted by Crippen LogP contribution is 2.25. The van der Waals surface area contributed by atoms with Crippen LogP contribution in [-0.4, -0.2) is 12.5 Å². The summed E-state index contributed by atoms with van der Waals surface area (Å²) in [5.41, 5.74) is 0.530. The summed E-state index contributed by atoms with van der Waals surface area (Å²) in [7, 11) is 0. The molecule has 6 heteroatoms. The molecule has 2 aromatic rings. The second-order valence-electron chi connectivity index (χ2n) is 4.27. The quantitative estimate of drug-likeness (QED) is 0.884. The van der Waals surface area contributed by atoms with Crippen LogP contribution >= 0.6 is 11.6 Å². The van der Waals surface area contributed by atoms with Crippen molar-refractivity contribution in [1.82, 2.24) is 0 Å². The van der Waals surface area contributed by atoms with Gasteiger partial charge in [0.05, 0.1) is 22.0 Å². The van der Waals surface area contributed by atoms with Crippen LogP contribution in [-0.2, 0) is 0 Å². The van der Waals surface area contributed by atoms with E-state index in [0.29, 0.717) is 6.54 Å². The molecule has 110 valence electrons. The molecule has 0 aliphatic heterocycles. The number of halogens is 3. The molecule has 21 heavy (non-hydrogen) atoms. The number of rotatable bonds is 4. The third-order valence-corrected chi connectivity index (χ3v) is 3.10. The molecule has 0 radical (unpaired) electrons. The summed E-state index contributed by atoms with van der Waals surface area (Å²) in [4.78, 5) is 12.2. The molecular formula is C15H13ClF2N2O. The van der Waals surface area contributed by atoms with E-state index in [1.165, 1.54) is 30.3 Å². The van der Waals surface area contributed by atoms with Gasteiger partial charge in [-0.15, -0.1) is 0 Å². The maximum absolute atomic E-state index is 13.8. The molecule has 0 spiro atoms. The van der Waals surface area contributed by atoms with Crippen LogP contribution in [0.25, 0.3) is 0 Å². The molecule has 0 aliphatic rings.